The van der Waals surface area contributed by atoms with Crippen LogP contribution in [0.4, 0.5) is 13.2 Å². The lowest BCUT2D eigenvalue weighted by Crippen LogP contribution is -2.19. The van der Waals surface area contributed by atoms with Gasteiger partial charge in [-0.05, 0) is 24.6 Å². The summed E-state index contributed by atoms with van der Waals surface area (Å²) >= 11 is 5.57. The molecule has 108 valence electrons. The van der Waals surface area contributed by atoms with Gasteiger partial charge in [0.25, 0.3) is 0 Å². The normalized spacial score (nSPS) is 10.8. The van der Waals surface area contributed by atoms with Gasteiger partial charge < -0.3 is 9.47 Å². The van der Waals surface area contributed by atoms with Gasteiger partial charge in [-0.1, -0.05) is 0 Å². The average molecular weight is 308 g/mol. The SMILES string of the molecule is CCOC(=O)c1cc(CCl)c(C#N)c(OC(F)(F)F)c1. The molecule has 0 amide bonds. The molecule has 0 aliphatic carbocycles. The van der Waals surface area contributed by atoms with E-state index in [1.807, 2.05) is 0 Å². The first-order valence-electron chi connectivity index (χ1n) is 5.38. The summed E-state index contributed by atoms with van der Waals surface area (Å²) in [5.41, 5.74) is -0.481. The second kappa shape index (κ2) is 6.48. The summed E-state index contributed by atoms with van der Waals surface area (Å²) < 4.78 is 45.3. The van der Waals surface area contributed by atoms with Crippen molar-refractivity contribution in [2.75, 3.05) is 6.61 Å². The van der Waals surface area contributed by atoms with Gasteiger partial charge in [0.05, 0.1) is 17.7 Å². The van der Waals surface area contributed by atoms with E-state index in [1.165, 1.54) is 6.07 Å². The summed E-state index contributed by atoms with van der Waals surface area (Å²) in [5, 5.41) is 8.89. The fourth-order valence-electron chi connectivity index (χ4n) is 1.44. The first-order chi connectivity index (χ1) is 9.32. The van der Waals surface area contributed by atoms with Gasteiger partial charge in [0.1, 0.15) is 11.8 Å². The quantitative estimate of drug-likeness (QED) is 0.632. The van der Waals surface area contributed by atoms with Crippen molar-refractivity contribution in [2.24, 2.45) is 0 Å². The first kappa shape index (κ1) is 16.1. The zero-order valence-corrected chi connectivity index (χ0v) is 11.0. The maximum atomic E-state index is 12.3. The van der Waals surface area contributed by atoms with E-state index in [0.717, 1.165) is 6.07 Å². The summed E-state index contributed by atoms with van der Waals surface area (Å²) in [6.45, 7) is 1.61. The Balaban J connectivity index is 3.35. The monoisotopic (exact) mass is 307 g/mol. The summed E-state index contributed by atoms with van der Waals surface area (Å²) in [6, 6.07) is 3.58. The van der Waals surface area contributed by atoms with Gasteiger partial charge in [0, 0.05) is 5.88 Å². The Morgan fingerprint density at radius 2 is 2.10 bits per heavy atom. The highest BCUT2D eigenvalue weighted by molar-refractivity contribution is 6.17. The van der Waals surface area contributed by atoms with Crippen LogP contribution in [-0.2, 0) is 10.6 Å². The van der Waals surface area contributed by atoms with E-state index in [0.29, 0.717) is 0 Å². The largest absolute Gasteiger partial charge is 0.573 e. The Morgan fingerprint density at radius 1 is 1.45 bits per heavy atom. The smallest absolute Gasteiger partial charge is 0.462 e. The lowest BCUT2D eigenvalue weighted by Gasteiger charge is -2.13. The number of benzene rings is 1. The van der Waals surface area contributed by atoms with Crippen molar-refractivity contribution in [3.63, 3.8) is 0 Å². The van der Waals surface area contributed by atoms with Gasteiger partial charge in [-0.2, -0.15) is 5.26 Å². The molecule has 0 aliphatic rings. The van der Waals surface area contributed by atoms with Crippen LogP contribution in [-0.4, -0.2) is 18.9 Å². The van der Waals surface area contributed by atoms with Crippen LogP contribution in [0.25, 0.3) is 0 Å². The average Bonchev–Trinajstić information content (AvgIpc) is 2.36. The minimum absolute atomic E-state index is 0.0546. The van der Waals surface area contributed by atoms with Crippen molar-refractivity contribution in [3.05, 3.63) is 28.8 Å². The highest BCUT2D eigenvalue weighted by atomic mass is 35.5. The van der Waals surface area contributed by atoms with Crippen molar-refractivity contribution >= 4 is 17.6 Å². The minimum Gasteiger partial charge on any atom is -0.462 e. The number of carbonyl (C=O) groups is 1. The summed E-state index contributed by atoms with van der Waals surface area (Å²) in [7, 11) is 0. The number of hydrogen-bond acceptors (Lipinski definition) is 4. The van der Waals surface area contributed by atoms with Crippen molar-refractivity contribution < 1.29 is 27.4 Å². The topological polar surface area (TPSA) is 59.3 Å². The Hall–Kier alpha value is -1.94. The Labute approximate surface area is 117 Å². The van der Waals surface area contributed by atoms with Crippen LogP contribution < -0.4 is 4.74 Å². The number of nitriles is 1. The lowest BCUT2D eigenvalue weighted by atomic mass is 10.0. The molecular weight excluding hydrogens is 299 g/mol. The molecule has 0 saturated heterocycles. The van der Waals surface area contributed by atoms with Gasteiger partial charge in [-0.15, -0.1) is 24.8 Å². The van der Waals surface area contributed by atoms with Crippen molar-refractivity contribution in [3.8, 4) is 11.8 Å². The number of esters is 1. The third-order valence-electron chi connectivity index (χ3n) is 2.18. The maximum absolute atomic E-state index is 12.3. The second-order valence-corrected chi connectivity index (χ2v) is 3.79. The molecule has 0 fully saturated rings. The Bertz CT molecular complexity index is 552. The molecule has 8 heteroatoms. The molecule has 0 atom stereocenters. The van der Waals surface area contributed by atoms with E-state index in [4.69, 9.17) is 16.9 Å². The molecule has 4 nitrogen and oxygen atoms in total. The molecule has 1 rings (SSSR count). The molecule has 0 radical (unpaired) electrons. The highest BCUT2D eigenvalue weighted by Gasteiger charge is 2.33. The van der Waals surface area contributed by atoms with E-state index in [-0.39, 0.29) is 29.2 Å². The number of alkyl halides is 4. The highest BCUT2D eigenvalue weighted by Crippen LogP contribution is 2.30. The predicted octanol–water partition coefficient (Wildman–Crippen LogP) is 3.37. The Morgan fingerprint density at radius 3 is 2.55 bits per heavy atom. The van der Waals surface area contributed by atoms with Gasteiger partial charge in [-0.3, -0.25) is 0 Å². The zero-order valence-electron chi connectivity index (χ0n) is 10.3. The van der Waals surface area contributed by atoms with Crippen LogP contribution in [0.2, 0.25) is 0 Å². The number of ether oxygens (including phenoxy) is 2. The molecular formula is C12H9ClF3NO3. The van der Waals surface area contributed by atoms with Gasteiger partial charge in [-0.25, -0.2) is 4.79 Å². The van der Waals surface area contributed by atoms with Gasteiger partial charge >= 0.3 is 12.3 Å². The van der Waals surface area contributed by atoms with Gasteiger partial charge in [0.15, 0.2) is 0 Å². The lowest BCUT2D eigenvalue weighted by molar-refractivity contribution is -0.274. The third kappa shape index (κ3) is 4.03. The predicted molar refractivity (Wildman–Crippen MR) is 63.4 cm³/mol. The van der Waals surface area contributed by atoms with E-state index in [9.17, 15) is 18.0 Å². The molecule has 0 N–H and O–H groups in total. The summed E-state index contributed by atoms with van der Waals surface area (Å²) in [5.74, 6) is -1.85. The number of nitrogens with zero attached hydrogens (tertiary/aromatic N) is 1. The standard InChI is InChI=1S/C12H9ClF3NO3/c1-2-19-11(18)7-3-8(5-13)9(6-17)10(4-7)20-12(14,15)16/h3-4H,2,5H2,1H3. The van der Waals surface area contributed by atoms with Gasteiger partial charge in [0.2, 0.25) is 0 Å². The number of hydrogen-bond donors (Lipinski definition) is 0. The van der Waals surface area contributed by atoms with Crippen LogP contribution in [0.3, 0.4) is 0 Å². The maximum Gasteiger partial charge on any atom is 0.573 e. The Kier molecular flexibility index (Phi) is 5.22. The molecule has 0 heterocycles. The van der Waals surface area contributed by atoms with E-state index >= 15 is 0 Å². The summed E-state index contributed by atoms with van der Waals surface area (Å²) in [4.78, 5) is 11.5. The van der Waals surface area contributed by atoms with E-state index in [2.05, 4.69) is 9.47 Å². The fourth-order valence-corrected chi connectivity index (χ4v) is 1.65. The van der Waals surface area contributed by atoms with Crippen LogP contribution in [0.15, 0.2) is 12.1 Å². The molecule has 0 bridgehead atoms. The number of carbonyl (C=O) groups excluding carboxylic acids is 1. The fraction of sp³-hybridized carbons (Fsp3) is 0.333. The van der Waals surface area contributed by atoms with Crippen molar-refractivity contribution in [1.82, 2.24) is 0 Å². The molecule has 0 aromatic heterocycles. The third-order valence-corrected chi connectivity index (χ3v) is 2.46. The molecule has 0 unspecified atom stereocenters. The van der Waals surface area contributed by atoms with Crippen LogP contribution >= 0.6 is 11.6 Å². The minimum atomic E-state index is -4.98. The van der Waals surface area contributed by atoms with Crippen LogP contribution in [0, 0.1) is 11.3 Å². The molecule has 20 heavy (non-hydrogen) atoms. The number of rotatable bonds is 4. The van der Waals surface area contributed by atoms with Crippen LogP contribution in [0.5, 0.6) is 5.75 Å². The van der Waals surface area contributed by atoms with Crippen LogP contribution in [0.1, 0.15) is 28.4 Å². The zero-order chi connectivity index (χ0) is 15.3. The second-order valence-electron chi connectivity index (χ2n) is 3.52. The number of halogens is 4. The van der Waals surface area contributed by atoms with Crippen molar-refractivity contribution in [2.45, 2.75) is 19.2 Å². The van der Waals surface area contributed by atoms with Crippen molar-refractivity contribution in [1.29, 1.82) is 5.26 Å². The van der Waals surface area contributed by atoms with E-state index in [1.54, 1.807) is 13.0 Å². The van der Waals surface area contributed by atoms with E-state index < -0.39 is 18.1 Å². The summed E-state index contributed by atoms with van der Waals surface area (Å²) in [6.07, 6.45) is -4.98. The molecule has 1 aromatic rings. The molecule has 0 saturated carbocycles. The molecule has 0 spiro atoms. The molecule has 0 aliphatic heterocycles. The first-order valence-corrected chi connectivity index (χ1v) is 5.91. The molecule has 1 aromatic carbocycles.